The van der Waals surface area contributed by atoms with E-state index in [1.54, 1.807) is 18.2 Å². The first-order valence-electron chi connectivity index (χ1n) is 5.40. The summed E-state index contributed by atoms with van der Waals surface area (Å²) in [4.78, 5) is 0. The lowest BCUT2D eigenvalue weighted by Crippen LogP contribution is -2.30. The molecule has 0 bridgehead atoms. The average molecular weight is 303 g/mol. The number of hydrogen-bond acceptors (Lipinski definition) is 2. The van der Waals surface area contributed by atoms with Gasteiger partial charge < -0.3 is 0 Å². The number of hydrogen-bond donors (Lipinski definition) is 2. The lowest BCUT2D eigenvalue weighted by Gasteiger charge is -2.20. The van der Waals surface area contributed by atoms with Crippen molar-refractivity contribution in [3.05, 3.63) is 69.2 Å². The van der Waals surface area contributed by atoms with E-state index in [9.17, 15) is 8.78 Å². The third kappa shape index (κ3) is 2.72. The van der Waals surface area contributed by atoms with Gasteiger partial charge in [-0.1, -0.05) is 41.4 Å². The molecule has 0 aliphatic rings. The molecule has 0 aliphatic carbocycles. The van der Waals surface area contributed by atoms with Crippen molar-refractivity contribution >= 4 is 23.2 Å². The molecular weight excluding hydrogens is 293 g/mol. The van der Waals surface area contributed by atoms with Crippen LogP contribution in [0.3, 0.4) is 0 Å². The molecule has 2 aromatic carbocycles. The van der Waals surface area contributed by atoms with Crippen molar-refractivity contribution in [2.45, 2.75) is 6.04 Å². The SMILES string of the molecule is NNC(c1cccc(F)c1F)c1c(Cl)cccc1Cl. The molecule has 2 aromatic rings. The van der Waals surface area contributed by atoms with E-state index in [1.807, 2.05) is 0 Å². The second-order valence-electron chi connectivity index (χ2n) is 3.88. The molecule has 19 heavy (non-hydrogen) atoms. The van der Waals surface area contributed by atoms with Crippen LogP contribution in [-0.2, 0) is 0 Å². The summed E-state index contributed by atoms with van der Waals surface area (Å²) in [6.07, 6.45) is 0. The van der Waals surface area contributed by atoms with Gasteiger partial charge in [-0.15, -0.1) is 0 Å². The lowest BCUT2D eigenvalue weighted by molar-refractivity contribution is 0.483. The van der Waals surface area contributed by atoms with E-state index in [-0.39, 0.29) is 5.56 Å². The molecule has 1 unspecified atom stereocenters. The van der Waals surface area contributed by atoms with Crippen LogP contribution in [-0.4, -0.2) is 0 Å². The molecule has 0 aromatic heterocycles. The Morgan fingerprint density at radius 2 is 1.58 bits per heavy atom. The van der Waals surface area contributed by atoms with Crippen molar-refractivity contribution in [3.8, 4) is 0 Å². The number of hydrazine groups is 1. The van der Waals surface area contributed by atoms with Gasteiger partial charge in [0.1, 0.15) is 0 Å². The predicted molar refractivity (Wildman–Crippen MR) is 72.0 cm³/mol. The van der Waals surface area contributed by atoms with Crippen LogP contribution < -0.4 is 11.3 Å². The molecule has 6 heteroatoms. The highest BCUT2D eigenvalue weighted by Gasteiger charge is 2.23. The minimum absolute atomic E-state index is 0.0394. The van der Waals surface area contributed by atoms with E-state index >= 15 is 0 Å². The normalized spacial score (nSPS) is 12.5. The van der Waals surface area contributed by atoms with Gasteiger partial charge in [0.15, 0.2) is 11.6 Å². The van der Waals surface area contributed by atoms with Crippen LogP contribution in [0.25, 0.3) is 0 Å². The van der Waals surface area contributed by atoms with E-state index < -0.39 is 17.7 Å². The largest absolute Gasteiger partial charge is 0.271 e. The average Bonchev–Trinajstić information content (AvgIpc) is 2.38. The molecule has 3 N–H and O–H groups in total. The van der Waals surface area contributed by atoms with E-state index in [4.69, 9.17) is 29.0 Å². The molecule has 0 fully saturated rings. The van der Waals surface area contributed by atoms with Crippen LogP contribution in [0, 0.1) is 11.6 Å². The smallest absolute Gasteiger partial charge is 0.163 e. The van der Waals surface area contributed by atoms with Crippen molar-refractivity contribution in [2.75, 3.05) is 0 Å². The van der Waals surface area contributed by atoms with Gasteiger partial charge in [-0.2, -0.15) is 0 Å². The van der Waals surface area contributed by atoms with Crippen LogP contribution >= 0.6 is 23.2 Å². The third-order valence-electron chi connectivity index (χ3n) is 2.75. The van der Waals surface area contributed by atoms with Gasteiger partial charge in [-0.25, -0.2) is 14.2 Å². The van der Waals surface area contributed by atoms with Gasteiger partial charge in [0.05, 0.1) is 6.04 Å². The minimum atomic E-state index is -0.985. The molecule has 0 amide bonds. The summed E-state index contributed by atoms with van der Waals surface area (Å²) in [6, 6.07) is 7.86. The zero-order valence-corrected chi connectivity index (χ0v) is 11.1. The number of nitrogens with two attached hydrogens (primary N) is 1. The second kappa shape index (κ2) is 5.84. The molecule has 100 valence electrons. The van der Waals surface area contributed by atoms with E-state index in [0.717, 1.165) is 6.07 Å². The number of nitrogens with one attached hydrogen (secondary N) is 1. The fourth-order valence-electron chi connectivity index (χ4n) is 1.86. The van der Waals surface area contributed by atoms with Crippen molar-refractivity contribution in [1.29, 1.82) is 0 Å². The summed E-state index contributed by atoms with van der Waals surface area (Å²) in [5.41, 5.74) is 2.85. The Morgan fingerprint density at radius 1 is 1.00 bits per heavy atom. The molecule has 0 spiro atoms. The fourth-order valence-corrected chi connectivity index (χ4v) is 2.47. The second-order valence-corrected chi connectivity index (χ2v) is 4.69. The van der Waals surface area contributed by atoms with Crippen molar-refractivity contribution in [2.24, 2.45) is 5.84 Å². The zero-order chi connectivity index (χ0) is 14.0. The molecule has 1 atom stereocenters. The lowest BCUT2D eigenvalue weighted by atomic mass is 9.98. The molecule has 0 radical (unpaired) electrons. The Bertz CT molecular complexity index is 585. The third-order valence-corrected chi connectivity index (χ3v) is 3.41. The van der Waals surface area contributed by atoms with Crippen LogP contribution in [0.4, 0.5) is 8.78 Å². The van der Waals surface area contributed by atoms with Gasteiger partial charge in [0, 0.05) is 21.2 Å². The molecule has 2 nitrogen and oxygen atoms in total. The highest BCUT2D eigenvalue weighted by molar-refractivity contribution is 6.36. The van der Waals surface area contributed by atoms with E-state index in [0.29, 0.717) is 15.6 Å². The molecule has 2 rings (SSSR count). The summed E-state index contributed by atoms with van der Waals surface area (Å²) in [5.74, 6) is 3.49. The van der Waals surface area contributed by atoms with Gasteiger partial charge >= 0.3 is 0 Å². The molecule has 0 saturated carbocycles. The Morgan fingerprint density at radius 3 is 2.16 bits per heavy atom. The molecular formula is C13H10Cl2F2N2. The van der Waals surface area contributed by atoms with Gasteiger partial charge in [-0.3, -0.25) is 5.84 Å². The van der Waals surface area contributed by atoms with Crippen molar-refractivity contribution < 1.29 is 8.78 Å². The topological polar surface area (TPSA) is 38.0 Å². The van der Waals surface area contributed by atoms with Crippen LogP contribution in [0.15, 0.2) is 36.4 Å². The Kier molecular flexibility index (Phi) is 4.37. The molecule has 0 aliphatic heterocycles. The number of halogens is 4. The summed E-state index contributed by atoms with van der Waals surface area (Å²) in [6.45, 7) is 0. The van der Waals surface area contributed by atoms with E-state index in [1.165, 1.54) is 12.1 Å². The maximum absolute atomic E-state index is 13.8. The van der Waals surface area contributed by atoms with Crippen molar-refractivity contribution in [1.82, 2.24) is 5.43 Å². The first-order chi connectivity index (χ1) is 9.06. The minimum Gasteiger partial charge on any atom is -0.271 e. The molecule has 0 saturated heterocycles. The monoisotopic (exact) mass is 302 g/mol. The highest BCUT2D eigenvalue weighted by atomic mass is 35.5. The van der Waals surface area contributed by atoms with Gasteiger partial charge in [-0.05, 0) is 18.2 Å². The Labute approximate surface area is 119 Å². The predicted octanol–water partition coefficient (Wildman–Crippen LogP) is 3.82. The summed E-state index contributed by atoms with van der Waals surface area (Å²) < 4.78 is 27.1. The van der Waals surface area contributed by atoms with Crippen LogP contribution in [0.1, 0.15) is 17.2 Å². The quantitative estimate of drug-likeness (QED) is 0.668. The summed E-state index contributed by atoms with van der Waals surface area (Å²) in [7, 11) is 0. The summed E-state index contributed by atoms with van der Waals surface area (Å²) in [5, 5.41) is 0.637. The van der Waals surface area contributed by atoms with E-state index in [2.05, 4.69) is 5.43 Å². The van der Waals surface area contributed by atoms with Gasteiger partial charge in [0.2, 0.25) is 0 Å². The van der Waals surface area contributed by atoms with Crippen LogP contribution in [0.2, 0.25) is 10.0 Å². The first-order valence-corrected chi connectivity index (χ1v) is 6.15. The molecule has 0 heterocycles. The maximum Gasteiger partial charge on any atom is 0.163 e. The maximum atomic E-state index is 13.8. The number of rotatable bonds is 3. The first kappa shape index (κ1) is 14.2. The Balaban J connectivity index is 2.60. The van der Waals surface area contributed by atoms with Crippen molar-refractivity contribution in [3.63, 3.8) is 0 Å². The van der Waals surface area contributed by atoms with Gasteiger partial charge in [0.25, 0.3) is 0 Å². The summed E-state index contributed by atoms with van der Waals surface area (Å²) >= 11 is 12.1. The standard InChI is InChI=1S/C13H10Cl2F2N2/c14-8-4-2-5-9(15)11(8)13(19-18)7-3-1-6-10(16)12(7)17/h1-6,13,19H,18H2. The van der Waals surface area contributed by atoms with Crippen LogP contribution in [0.5, 0.6) is 0 Å². The number of benzene rings is 2. The Hall–Kier alpha value is -1.20. The highest BCUT2D eigenvalue weighted by Crippen LogP contribution is 2.34. The zero-order valence-electron chi connectivity index (χ0n) is 9.63. The fraction of sp³-hybridized carbons (Fsp3) is 0.0769.